The van der Waals surface area contributed by atoms with Crippen molar-refractivity contribution >= 4 is 29.7 Å². The summed E-state index contributed by atoms with van der Waals surface area (Å²) in [6, 6.07) is -4.51. The van der Waals surface area contributed by atoms with Gasteiger partial charge in [0.25, 0.3) is 0 Å². The summed E-state index contributed by atoms with van der Waals surface area (Å²) in [7, 11) is 0. The second kappa shape index (κ2) is 11.1. The quantitative estimate of drug-likeness (QED) is 0.244. The first-order valence-electron chi connectivity index (χ1n) is 8.46. The van der Waals surface area contributed by atoms with Crippen LogP contribution in [0.2, 0.25) is 0 Å². The minimum absolute atomic E-state index is 0.201. The number of hydrogen-bond donors (Lipinski definition) is 6. The van der Waals surface area contributed by atoms with E-state index in [2.05, 4.69) is 10.6 Å². The summed E-state index contributed by atoms with van der Waals surface area (Å²) in [5.74, 6) is -4.75. The fourth-order valence-corrected chi connectivity index (χ4v) is 2.08. The number of aliphatic carboxylic acids is 2. The average molecular weight is 388 g/mol. The molecule has 0 fully saturated rings. The Morgan fingerprint density at radius 3 is 1.67 bits per heavy atom. The van der Waals surface area contributed by atoms with Crippen molar-refractivity contribution in [2.45, 2.75) is 64.7 Å². The number of hydrogen-bond acceptors (Lipinski definition) is 6. The smallest absolute Gasteiger partial charge is 0.326 e. The lowest BCUT2D eigenvalue weighted by molar-refractivity contribution is -0.147. The third-order valence-corrected chi connectivity index (χ3v) is 3.56. The van der Waals surface area contributed by atoms with Crippen LogP contribution in [0.3, 0.4) is 0 Å². The lowest BCUT2D eigenvalue weighted by Crippen LogP contribution is -2.55. The summed E-state index contributed by atoms with van der Waals surface area (Å²) in [5, 5.41) is 24.3. The molecule has 0 aliphatic rings. The van der Waals surface area contributed by atoms with Crippen molar-refractivity contribution in [1.82, 2.24) is 16.0 Å². The molecule has 0 aliphatic heterocycles. The molecule has 0 bridgehead atoms. The van der Waals surface area contributed by atoms with E-state index in [0.29, 0.717) is 6.42 Å². The predicted octanol–water partition coefficient (Wildman–Crippen LogP) is -1.59. The summed E-state index contributed by atoms with van der Waals surface area (Å²) < 4.78 is 0. The van der Waals surface area contributed by atoms with Gasteiger partial charge in [-0.1, -0.05) is 13.8 Å². The molecule has 11 heteroatoms. The Morgan fingerprint density at radius 1 is 0.815 bits per heavy atom. The molecule has 0 saturated carbocycles. The van der Waals surface area contributed by atoms with Crippen LogP contribution in [-0.2, 0) is 24.0 Å². The van der Waals surface area contributed by atoms with E-state index in [0.717, 1.165) is 0 Å². The number of rotatable bonds is 11. The molecule has 0 radical (unpaired) electrons. The Bertz CT molecular complexity index is 579. The van der Waals surface area contributed by atoms with Gasteiger partial charge in [0.15, 0.2) is 0 Å². The monoisotopic (exact) mass is 388 g/mol. The zero-order valence-electron chi connectivity index (χ0n) is 15.8. The predicted molar refractivity (Wildman–Crippen MR) is 94.5 cm³/mol. The molecule has 0 aliphatic carbocycles. The van der Waals surface area contributed by atoms with Gasteiger partial charge in [-0.2, -0.15) is 0 Å². The second-order valence-corrected chi connectivity index (χ2v) is 6.69. The van der Waals surface area contributed by atoms with Crippen molar-refractivity contribution in [2.24, 2.45) is 11.7 Å². The van der Waals surface area contributed by atoms with Crippen molar-refractivity contribution in [3.05, 3.63) is 0 Å². The summed E-state index contributed by atoms with van der Waals surface area (Å²) in [5.41, 5.74) is 5.73. The van der Waals surface area contributed by atoms with Gasteiger partial charge in [-0.25, -0.2) is 4.79 Å². The number of nitrogens with two attached hydrogens (primary N) is 1. The highest BCUT2D eigenvalue weighted by molar-refractivity contribution is 5.94. The summed E-state index contributed by atoms with van der Waals surface area (Å²) in [6.45, 7) is 6.51. The fourth-order valence-electron chi connectivity index (χ4n) is 2.08. The molecule has 154 valence electrons. The summed E-state index contributed by atoms with van der Waals surface area (Å²) in [6.07, 6.45) is -0.360. The maximum Gasteiger partial charge on any atom is 0.326 e. The normalized spacial score (nSPS) is 15.2. The Hall–Kier alpha value is -2.69. The Kier molecular flexibility index (Phi) is 10.0. The maximum absolute atomic E-state index is 12.1. The molecule has 27 heavy (non-hydrogen) atoms. The molecule has 0 spiro atoms. The molecular weight excluding hydrogens is 360 g/mol. The van der Waals surface area contributed by atoms with Crippen molar-refractivity contribution in [3.63, 3.8) is 0 Å². The van der Waals surface area contributed by atoms with E-state index in [9.17, 15) is 24.0 Å². The SMILES string of the molecule is CC(C)CC(N)C(=O)NC(C)C(=O)NC(C)C(=O)NC(CC(=O)O)C(=O)O. The van der Waals surface area contributed by atoms with Crippen molar-refractivity contribution < 1.29 is 34.2 Å². The van der Waals surface area contributed by atoms with Gasteiger partial charge < -0.3 is 31.9 Å². The maximum atomic E-state index is 12.1. The highest BCUT2D eigenvalue weighted by atomic mass is 16.4. The van der Waals surface area contributed by atoms with E-state index in [1.165, 1.54) is 13.8 Å². The lowest BCUT2D eigenvalue weighted by Gasteiger charge is -2.21. The topological polar surface area (TPSA) is 188 Å². The molecule has 0 aromatic heterocycles. The van der Waals surface area contributed by atoms with Gasteiger partial charge in [-0.3, -0.25) is 19.2 Å². The van der Waals surface area contributed by atoms with Gasteiger partial charge in [0.1, 0.15) is 18.1 Å². The highest BCUT2D eigenvalue weighted by Crippen LogP contribution is 2.03. The Morgan fingerprint density at radius 2 is 1.26 bits per heavy atom. The number of amides is 3. The molecule has 4 atom stereocenters. The second-order valence-electron chi connectivity index (χ2n) is 6.69. The summed E-state index contributed by atoms with van der Waals surface area (Å²) >= 11 is 0. The third-order valence-electron chi connectivity index (χ3n) is 3.56. The van der Waals surface area contributed by atoms with Crippen LogP contribution in [0.4, 0.5) is 0 Å². The van der Waals surface area contributed by atoms with E-state index < -0.39 is 60.2 Å². The number of carboxylic acid groups (broad SMARTS) is 2. The largest absolute Gasteiger partial charge is 0.481 e. The van der Waals surface area contributed by atoms with Crippen LogP contribution >= 0.6 is 0 Å². The van der Waals surface area contributed by atoms with Gasteiger partial charge in [-0.15, -0.1) is 0 Å². The van der Waals surface area contributed by atoms with Crippen molar-refractivity contribution in [1.29, 1.82) is 0 Å². The molecule has 3 amide bonds. The fraction of sp³-hybridized carbons (Fsp3) is 0.688. The Labute approximate surface area is 157 Å². The molecule has 11 nitrogen and oxygen atoms in total. The zero-order valence-corrected chi connectivity index (χ0v) is 15.8. The standard InChI is InChI=1S/C16H28N4O7/c1-7(2)5-10(17)15(25)19-8(3)13(23)18-9(4)14(24)20-11(16(26)27)6-12(21)22/h7-11H,5-6,17H2,1-4H3,(H,18,23)(H,19,25)(H,20,24)(H,21,22)(H,26,27). The van der Waals surface area contributed by atoms with E-state index in [-0.39, 0.29) is 5.92 Å². The van der Waals surface area contributed by atoms with Crippen LogP contribution in [-0.4, -0.2) is 64.0 Å². The van der Waals surface area contributed by atoms with Gasteiger partial charge >= 0.3 is 11.9 Å². The van der Waals surface area contributed by atoms with Crippen molar-refractivity contribution in [3.8, 4) is 0 Å². The molecule has 4 unspecified atom stereocenters. The molecular formula is C16H28N4O7. The first-order chi connectivity index (χ1) is 12.3. The minimum atomic E-state index is -1.62. The molecule has 7 N–H and O–H groups in total. The number of carboxylic acids is 2. The van der Waals surface area contributed by atoms with Gasteiger partial charge in [0.05, 0.1) is 12.5 Å². The van der Waals surface area contributed by atoms with E-state index >= 15 is 0 Å². The lowest BCUT2D eigenvalue weighted by atomic mass is 10.0. The molecule has 0 aromatic rings. The Balaban J connectivity index is 4.65. The number of carbonyl (C=O) groups is 5. The highest BCUT2D eigenvalue weighted by Gasteiger charge is 2.27. The van der Waals surface area contributed by atoms with Crippen LogP contribution < -0.4 is 21.7 Å². The van der Waals surface area contributed by atoms with E-state index in [4.69, 9.17) is 15.9 Å². The van der Waals surface area contributed by atoms with E-state index in [1.807, 2.05) is 19.2 Å². The van der Waals surface area contributed by atoms with Crippen LogP contribution in [0, 0.1) is 5.92 Å². The van der Waals surface area contributed by atoms with Gasteiger partial charge in [0, 0.05) is 0 Å². The van der Waals surface area contributed by atoms with E-state index in [1.54, 1.807) is 0 Å². The first-order valence-corrected chi connectivity index (χ1v) is 8.46. The van der Waals surface area contributed by atoms with Crippen LogP contribution in [0.5, 0.6) is 0 Å². The third kappa shape index (κ3) is 9.54. The summed E-state index contributed by atoms with van der Waals surface area (Å²) in [4.78, 5) is 57.5. The molecule has 0 rings (SSSR count). The zero-order chi connectivity index (χ0) is 21.3. The van der Waals surface area contributed by atoms with Crippen LogP contribution in [0.1, 0.15) is 40.5 Å². The van der Waals surface area contributed by atoms with Crippen LogP contribution in [0.25, 0.3) is 0 Å². The molecule has 0 heterocycles. The minimum Gasteiger partial charge on any atom is -0.481 e. The van der Waals surface area contributed by atoms with Gasteiger partial charge in [0.2, 0.25) is 17.7 Å². The molecule has 0 saturated heterocycles. The number of nitrogens with one attached hydrogen (secondary N) is 3. The van der Waals surface area contributed by atoms with Crippen molar-refractivity contribution in [2.75, 3.05) is 0 Å². The number of carbonyl (C=O) groups excluding carboxylic acids is 3. The average Bonchev–Trinajstić information content (AvgIpc) is 2.52. The first kappa shape index (κ1) is 24.3. The molecule has 0 aromatic carbocycles. The van der Waals surface area contributed by atoms with Crippen LogP contribution in [0.15, 0.2) is 0 Å². The van der Waals surface area contributed by atoms with Gasteiger partial charge in [-0.05, 0) is 26.2 Å².